The summed E-state index contributed by atoms with van der Waals surface area (Å²) in [5, 5.41) is 14.4. The molecule has 0 aliphatic heterocycles. The minimum atomic E-state index is -0.896. The van der Waals surface area contributed by atoms with Gasteiger partial charge in [-0.2, -0.15) is 5.10 Å². The van der Waals surface area contributed by atoms with E-state index < -0.39 is 6.10 Å². The molecule has 1 aromatic carbocycles. The second-order valence-corrected chi connectivity index (χ2v) is 4.76. The first-order valence-electron chi connectivity index (χ1n) is 5.12. The molecule has 0 aliphatic carbocycles. The van der Waals surface area contributed by atoms with Crippen LogP contribution >= 0.6 is 15.9 Å². The van der Waals surface area contributed by atoms with E-state index in [1.807, 2.05) is 6.92 Å². The van der Waals surface area contributed by atoms with E-state index in [1.165, 1.54) is 12.1 Å². The summed E-state index contributed by atoms with van der Waals surface area (Å²) in [7, 11) is 1.75. The Hall–Kier alpha value is -1.20. The molecule has 1 heterocycles. The molecule has 0 spiro atoms. The summed E-state index contributed by atoms with van der Waals surface area (Å²) in [6.45, 7) is 1.86. The number of hydrogen-bond acceptors (Lipinski definition) is 2. The molecule has 90 valence electrons. The summed E-state index contributed by atoms with van der Waals surface area (Å²) in [4.78, 5) is 0. The van der Waals surface area contributed by atoms with Crippen LogP contribution in [-0.4, -0.2) is 14.9 Å². The fourth-order valence-corrected chi connectivity index (χ4v) is 2.28. The van der Waals surface area contributed by atoms with E-state index in [1.54, 1.807) is 24.0 Å². The monoisotopic (exact) mass is 298 g/mol. The van der Waals surface area contributed by atoms with E-state index in [0.717, 1.165) is 5.56 Å². The molecule has 0 saturated carbocycles. The van der Waals surface area contributed by atoms with Gasteiger partial charge in [-0.05, 0) is 30.7 Å². The van der Waals surface area contributed by atoms with Gasteiger partial charge in [-0.1, -0.05) is 15.9 Å². The minimum Gasteiger partial charge on any atom is -0.382 e. The van der Waals surface area contributed by atoms with Crippen LogP contribution in [0.5, 0.6) is 0 Å². The standard InChI is InChI=1S/C12H12BrFN2O/c1-7-6-15-16(2)11(7)12(17)9-5-8(14)3-4-10(9)13/h3-6,12,17H,1-2H3. The lowest BCUT2D eigenvalue weighted by Gasteiger charge is -2.14. The van der Waals surface area contributed by atoms with E-state index >= 15 is 0 Å². The Bertz CT molecular complexity index is 534. The minimum absolute atomic E-state index is 0.373. The number of rotatable bonds is 2. The number of aryl methyl sites for hydroxylation is 2. The van der Waals surface area contributed by atoms with Crippen molar-refractivity contribution in [2.24, 2.45) is 7.05 Å². The molecule has 2 rings (SSSR count). The molecule has 0 radical (unpaired) electrons. The molecule has 2 aromatic rings. The van der Waals surface area contributed by atoms with Crippen LogP contribution < -0.4 is 0 Å². The smallest absolute Gasteiger partial charge is 0.123 e. The topological polar surface area (TPSA) is 38.0 Å². The molecule has 0 aliphatic rings. The normalized spacial score (nSPS) is 12.8. The highest BCUT2D eigenvalue weighted by Gasteiger charge is 2.19. The Balaban J connectivity index is 2.50. The molecule has 17 heavy (non-hydrogen) atoms. The average Bonchev–Trinajstić information content (AvgIpc) is 2.61. The molecule has 1 atom stereocenters. The molecule has 1 unspecified atom stereocenters. The molecule has 0 amide bonds. The van der Waals surface area contributed by atoms with E-state index in [4.69, 9.17) is 0 Å². The van der Waals surface area contributed by atoms with Crippen LogP contribution in [0.15, 0.2) is 28.9 Å². The number of aliphatic hydroxyl groups excluding tert-OH is 1. The lowest BCUT2D eigenvalue weighted by Crippen LogP contribution is -2.09. The summed E-state index contributed by atoms with van der Waals surface area (Å²) < 4.78 is 15.5. The maximum atomic E-state index is 13.2. The van der Waals surface area contributed by atoms with Crippen molar-refractivity contribution in [3.63, 3.8) is 0 Å². The highest BCUT2D eigenvalue weighted by atomic mass is 79.9. The van der Waals surface area contributed by atoms with Crippen molar-refractivity contribution in [2.45, 2.75) is 13.0 Å². The summed E-state index contributed by atoms with van der Waals surface area (Å²) in [5.41, 5.74) is 2.03. The van der Waals surface area contributed by atoms with Crippen LogP contribution in [0.4, 0.5) is 4.39 Å². The van der Waals surface area contributed by atoms with Crippen LogP contribution in [0.2, 0.25) is 0 Å². The van der Waals surface area contributed by atoms with E-state index in [-0.39, 0.29) is 5.82 Å². The first kappa shape index (κ1) is 12.3. The molecule has 1 N–H and O–H groups in total. The van der Waals surface area contributed by atoms with Gasteiger partial charge in [0.1, 0.15) is 11.9 Å². The van der Waals surface area contributed by atoms with Crippen LogP contribution in [0.25, 0.3) is 0 Å². The van der Waals surface area contributed by atoms with Gasteiger partial charge in [0.2, 0.25) is 0 Å². The van der Waals surface area contributed by atoms with E-state index in [0.29, 0.717) is 15.7 Å². The van der Waals surface area contributed by atoms with Gasteiger partial charge in [-0.3, -0.25) is 4.68 Å². The van der Waals surface area contributed by atoms with Crippen LogP contribution in [0.1, 0.15) is 22.9 Å². The van der Waals surface area contributed by atoms with Gasteiger partial charge in [0.25, 0.3) is 0 Å². The third kappa shape index (κ3) is 2.25. The Morgan fingerprint density at radius 3 is 2.76 bits per heavy atom. The SMILES string of the molecule is Cc1cnn(C)c1C(O)c1cc(F)ccc1Br. The van der Waals surface area contributed by atoms with Crippen molar-refractivity contribution in [1.82, 2.24) is 9.78 Å². The zero-order valence-electron chi connectivity index (χ0n) is 9.48. The van der Waals surface area contributed by atoms with Gasteiger partial charge in [-0.25, -0.2) is 4.39 Å². The van der Waals surface area contributed by atoms with Crippen molar-refractivity contribution in [3.8, 4) is 0 Å². The summed E-state index contributed by atoms with van der Waals surface area (Å²) in [5.74, 6) is -0.373. The van der Waals surface area contributed by atoms with Crippen molar-refractivity contribution >= 4 is 15.9 Å². The highest BCUT2D eigenvalue weighted by Crippen LogP contribution is 2.30. The first-order chi connectivity index (χ1) is 8.00. The maximum absolute atomic E-state index is 13.2. The molecule has 0 fully saturated rings. The van der Waals surface area contributed by atoms with E-state index in [9.17, 15) is 9.50 Å². The number of hydrogen-bond donors (Lipinski definition) is 1. The Kier molecular flexibility index (Phi) is 3.31. The van der Waals surface area contributed by atoms with Crippen LogP contribution in [0.3, 0.4) is 0 Å². The average molecular weight is 299 g/mol. The zero-order chi connectivity index (χ0) is 12.6. The van der Waals surface area contributed by atoms with Crippen molar-refractivity contribution in [2.75, 3.05) is 0 Å². The summed E-state index contributed by atoms with van der Waals surface area (Å²) in [6.07, 6.45) is 0.777. The number of aliphatic hydroxyl groups is 1. The lowest BCUT2D eigenvalue weighted by atomic mass is 10.0. The molecular weight excluding hydrogens is 287 g/mol. The highest BCUT2D eigenvalue weighted by molar-refractivity contribution is 9.10. The fraction of sp³-hybridized carbons (Fsp3) is 0.250. The molecular formula is C12H12BrFN2O. The third-order valence-corrected chi connectivity index (χ3v) is 3.41. The largest absolute Gasteiger partial charge is 0.382 e. The maximum Gasteiger partial charge on any atom is 0.123 e. The predicted molar refractivity (Wildman–Crippen MR) is 66.1 cm³/mol. The first-order valence-corrected chi connectivity index (χ1v) is 5.91. The van der Waals surface area contributed by atoms with Crippen LogP contribution in [0, 0.1) is 12.7 Å². The Morgan fingerprint density at radius 1 is 1.47 bits per heavy atom. The van der Waals surface area contributed by atoms with Crippen molar-refractivity contribution < 1.29 is 9.50 Å². The van der Waals surface area contributed by atoms with Gasteiger partial charge >= 0.3 is 0 Å². The van der Waals surface area contributed by atoms with E-state index in [2.05, 4.69) is 21.0 Å². The number of halogens is 2. The van der Waals surface area contributed by atoms with Crippen LogP contribution in [-0.2, 0) is 7.05 Å². The zero-order valence-corrected chi connectivity index (χ0v) is 11.1. The molecule has 0 bridgehead atoms. The quantitative estimate of drug-likeness (QED) is 0.926. The summed E-state index contributed by atoms with van der Waals surface area (Å²) in [6, 6.07) is 4.25. The molecule has 0 saturated heterocycles. The number of benzene rings is 1. The number of nitrogens with zero attached hydrogens (tertiary/aromatic N) is 2. The third-order valence-electron chi connectivity index (χ3n) is 2.69. The Labute approximate surface area is 107 Å². The van der Waals surface area contributed by atoms with Gasteiger partial charge < -0.3 is 5.11 Å². The Morgan fingerprint density at radius 2 is 2.18 bits per heavy atom. The predicted octanol–water partition coefficient (Wildman–Crippen LogP) is 2.71. The molecule has 5 heteroatoms. The van der Waals surface area contributed by atoms with Crippen molar-refractivity contribution in [3.05, 3.63) is 51.5 Å². The summed E-state index contributed by atoms with van der Waals surface area (Å²) >= 11 is 3.31. The second-order valence-electron chi connectivity index (χ2n) is 3.90. The molecule has 1 aromatic heterocycles. The van der Waals surface area contributed by atoms with Crippen molar-refractivity contribution in [1.29, 1.82) is 0 Å². The van der Waals surface area contributed by atoms with Gasteiger partial charge in [-0.15, -0.1) is 0 Å². The fourth-order valence-electron chi connectivity index (χ4n) is 1.82. The van der Waals surface area contributed by atoms with Gasteiger partial charge in [0, 0.05) is 17.1 Å². The number of aromatic nitrogens is 2. The van der Waals surface area contributed by atoms with Gasteiger partial charge in [0.15, 0.2) is 0 Å². The van der Waals surface area contributed by atoms with Gasteiger partial charge in [0.05, 0.1) is 11.9 Å². The molecule has 3 nitrogen and oxygen atoms in total. The second kappa shape index (κ2) is 4.58. The lowest BCUT2D eigenvalue weighted by molar-refractivity contribution is 0.207.